The maximum absolute atomic E-state index is 13.6. The molecule has 158 valence electrons. The van der Waals surface area contributed by atoms with E-state index in [4.69, 9.17) is 9.26 Å². The van der Waals surface area contributed by atoms with Crippen LogP contribution in [0.25, 0.3) is 11.4 Å². The van der Waals surface area contributed by atoms with Gasteiger partial charge in [-0.2, -0.15) is 4.98 Å². The standard InChI is InChI=1S/C23H27FN4O2/c1-29-21-10-9-20(24)16-19(21)17-28-14-12-27(13-15-28)11-5-8-22-25-23(26-30-22)18-6-3-2-4-7-18/h2-4,6-7,9-10,16H,5,8,11-15,17H2,1H3. The van der Waals surface area contributed by atoms with Gasteiger partial charge in [0, 0.05) is 50.3 Å². The zero-order valence-corrected chi connectivity index (χ0v) is 17.3. The summed E-state index contributed by atoms with van der Waals surface area (Å²) < 4.78 is 24.3. The fraction of sp³-hybridized carbons (Fsp3) is 0.391. The van der Waals surface area contributed by atoms with Crippen LogP contribution in [-0.4, -0.2) is 59.8 Å². The Labute approximate surface area is 176 Å². The molecule has 0 spiro atoms. The molecule has 0 saturated carbocycles. The molecule has 7 heteroatoms. The molecule has 3 aromatic rings. The molecule has 2 heterocycles. The molecule has 1 aliphatic rings. The van der Waals surface area contributed by atoms with Crippen molar-refractivity contribution in [1.82, 2.24) is 19.9 Å². The number of aryl methyl sites for hydroxylation is 1. The highest BCUT2D eigenvalue weighted by molar-refractivity contribution is 5.53. The van der Waals surface area contributed by atoms with Crippen LogP contribution >= 0.6 is 0 Å². The van der Waals surface area contributed by atoms with E-state index >= 15 is 0 Å². The quantitative estimate of drug-likeness (QED) is 0.565. The lowest BCUT2D eigenvalue weighted by Crippen LogP contribution is -2.46. The Bertz CT molecular complexity index is 939. The van der Waals surface area contributed by atoms with Crippen LogP contribution in [-0.2, 0) is 13.0 Å². The maximum atomic E-state index is 13.6. The molecule has 2 aromatic carbocycles. The van der Waals surface area contributed by atoms with E-state index in [2.05, 4.69) is 19.9 Å². The number of hydrogen-bond acceptors (Lipinski definition) is 6. The zero-order valence-electron chi connectivity index (χ0n) is 17.3. The lowest BCUT2D eigenvalue weighted by atomic mass is 10.1. The van der Waals surface area contributed by atoms with Crippen LogP contribution in [0.1, 0.15) is 17.9 Å². The van der Waals surface area contributed by atoms with E-state index in [-0.39, 0.29) is 5.82 Å². The molecule has 30 heavy (non-hydrogen) atoms. The van der Waals surface area contributed by atoms with Crippen molar-refractivity contribution in [1.29, 1.82) is 0 Å². The predicted molar refractivity (Wildman–Crippen MR) is 113 cm³/mol. The van der Waals surface area contributed by atoms with Gasteiger partial charge in [0.25, 0.3) is 0 Å². The number of ether oxygens (including phenoxy) is 1. The second kappa shape index (κ2) is 9.82. The average molecular weight is 410 g/mol. The van der Waals surface area contributed by atoms with Crippen LogP contribution in [0.4, 0.5) is 4.39 Å². The van der Waals surface area contributed by atoms with E-state index in [0.717, 1.165) is 62.4 Å². The fourth-order valence-electron chi connectivity index (χ4n) is 3.80. The molecule has 0 atom stereocenters. The highest BCUT2D eigenvalue weighted by atomic mass is 19.1. The molecule has 6 nitrogen and oxygen atoms in total. The number of nitrogens with zero attached hydrogens (tertiary/aromatic N) is 4. The summed E-state index contributed by atoms with van der Waals surface area (Å²) in [6.45, 7) is 5.61. The normalized spacial score (nSPS) is 15.4. The Hall–Kier alpha value is -2.77. The third kappa shape index (κ3) is 5.23. The van der Waals surface area contributed by atoms with Gasteiger partial charge in [-0.05, 0) is 31.2 Å². The van der Waals surface area contributed by atoms with Crippen LogP contribution in [0.2, 0.25) is 0 Å². The Kier molecular flexibility index (Phi) is 6.71. The molecular formula is C23H27FN4O2. The molecule has 1 fully saturated rings. The molecule has 0 N–H and O–H groups in total. The van der Waals surface area contributed by atoms with Crippen LogP contribution in [0.3, 0.4) is 0 Å². The number of rotatable bonds is 8. The van der Waals surface area contributed by atoms with Crippen molar-refractivity contribution in [2.24, 2.45) is 0 Å². The van der Waals surface area contributed by atoms with Gasteiger partial charge in [-0.3, -0.25) is 4.90 Å². The van der Waals surface area contributed by atoms with Gasteiger partial charge in [-0.1, -0.05) is 35.5 Å². The largest absolute Gasteiger partial charge is 0.496 e. The van der Waals surface area contributed by atoms with E-state index in [9.17, 15) is 4.39 Å². The second-order valence-corrected chi connectivity index (χ2v) is 7.56. The Morgan fingerprint density at radius 3 is 2.57 bits per heavy atom. The molecule has 0 radical (unpaired) electrons. The van der Waals surface area contributed by atoms with Gasteiger partial charge in [0.05, 0.1) is 7.11 Å². The number of aromatic nitrogens is 2. The van der Waals surface area contributed by atoms with E-state index in [0.29, 0.717) is 18.3 Å². The van der Waals surface area contributed by atoms with Crippen molar-refractivity contribution < 1.29 is 13.7 Å². The van der Waals surface area contributed by atoms with E-state index in [1.165, 1.54) is 6.07 Å². The first kappa shape index (κ1) is 20.5. The third-order valence-corrected chi connectivity index (χ3v) is 5.47. The molecule has 1 aliphatic heterocycles. The minimum absolute atomic E-state index is 0.221. The Balaban J connectivity index is 1.20. The molecule has 1 aromatic heterocycles. The summed E-state index contributed by atoms with van der Waals surface area (Å²) in [6, 6.07) is 14.6. The lowest BCUT2D eigenvalue weighted by Gasteiger charge is -2.34. The SMILES string of the molecule is COc1ccc(F)cc1CN1CCN(CCCc2nc(-c3ccccc3)no2)CC1. The summed E-state index contributed by atoms with van der Waals surface area (Å²) in [5, 5.41) is 4.08. The first-order chi connectivity index (χ1) is 14.7. The third-order valence-electron chi connectivity index (χ3n) is 5.47. The molecule has 4 rings (SSSR count). The summed E-state index contributed by atoms with van der Waals surface area (Å²) in [5.41, 5.74) is 1.87. The topological polar surface area (TPSA) is 54.6 Å². The molecule has 1 saturated heterocycles. The van der Waals surface area contributed by atoms with Crippen molar-refractivity contribution in [3.63, 3.8) is 0 Å². The fourth-order valence-corrected chi connectivity index (χ4v) is 3.80. The maximum Gasteiger partial charge on any atom is 0.227 e. The van der Waals surface area contributed by atoms with Crippen molar-refractivity contribution in [2.75, 3.05) is 39.8 Å². The summed E-state index contributed by atoms with van der Waals surface area (Å²) >= 11 is 0. The van der Waals surface area contributed by atoms with Crippen LogP contribution in [0.5, 0.6) is 5.75 Å². The Morgan fingerprint density at radius 2 is 1.80 bits per heavy atom. The van der Waals surface area contributed by atoms with Gasteiger partial charge in [0.1, 0.15) is 11.6 Å². The van der Waals surface area contributed by atoms with E-state index in [1.54, 1.807) is 19.2 Å². The summed E-state index contributed by atoms with van der Waals surface area (Å²) in [5.74, 6) is 1.85. The van der Waals surface area contributed by atoms with E-state index in [1.807, 2.05) is 30.3 Å². The first-order valence-electron chi connectivity index (χ1n) is 10.4. The molecule has 0 aliphatic carbocycles. The highest BCUT2D eigenvalue weighted by Crippen LogP contribution is 2.22. The summed E-state index contributed by atoms with van der Waals surface area (Å²) in [7, 11) is 1.63. The van der Waals surface area contributed by atoms with Crippen molar-refractivity contribution >= 4 is 0 Å². The van der Waals surface area contributed by atoms with Gasteiger partial charge in [-0.25, -0.2) is 4.39 Å². The minimum atomic E-state index is -0.221. The van der Waals surface area contributed by atoms with Gasteiger partial charge in [0.2, 0.25) is 11.7 Å². The summed E-state index contributed by atoms with van der Waals surface area (Å²) in [4.78, 5) is 9.30. The Morgan fingerprint density at radius 1 is 1.03 bits per heavy atom. The smallest absolute Gasteiger partial charge is 0.227 e. The van der Waals surface area contributed by atoms with Gasteiger partial charge in [-0.15, -0.1) is 0 Å². The van der Waals surface area contributed by atoms with Crippen LogP contribution in [0.15, 0.2) is 53.1 Å². The highest BCUT2D eigenvalue weighted by Gasteiger charge is 2.18. The second-order valence-electron chi connectivity index (χ2n) is 7.56. The zero-order chi connectivity index (χ0) is 20.8. The lowest BCUT2D eigenvalue weighted by molar-refractivity contribution is 0.125. The number of benzene rings is 2. The van der Waals surface area contributed by atoms with E-state index < -0.39 is 0 Å². The molecule has 0 amide bonds. The number of methoxy groups -OCH3 is 1. The van der Waals surface area contributed by atoms with Crippen molar-refractivity contribution in [3.8, 4) is 17.1 Å². The van der Waals surface area contributed by atoms with Gasteiger partial charge in [0.15, 0.2) is 0 Å². The monoisotopic (exact) mass is 410 g/mol. The van der Waals surface area contributed by atoms with Crippen LogP contribution in [0, 0.1) is 5.82 Å². The average Bonchev–Trinajstić information content (AvgIpc) is 3.25. The molecule has 0 unspecified atom stereocenters. The number of halogens is 1. The molecular weight excluding hydrogens is 383 g/mol. The summed E-state index contributed by atoms with van der Waals surface area (Å²) in [6.07, 6.45) is 1.76. The number of piperazine rings is 1. The van der Waals surface area contributed by atoms with Gasteiger partial charge >= 0.3 is 0 Å². The minimum Gasteiger partial charge on any atom is -0.496 e. The predicted octanol–water partition coefficient (Wildman–Crippen LogP) is 3.63. The van der Waals surface area contributed by atoms with Crippen molar-refractivity contribution in [2.45, 2.75) is 19.4 Å². The number of hydrogen-bond donors (Lipinski definition) is 0. The van der Waals surface area contributed by atoms with Crippen molar-refractivity contribution in [3.05, 3.63) is 65.8 Å². The molecule has 0 bridgehead atoms. The van der Waals surface area contributed by atoms with Gasteiger partial charge < -0.3 is 14.2 Å². The first-order valence-corrected chi connectivity index (χ1v) is 10.4. The van der Waals surface area contributed by atoms with Crippen LogP contribution < -0.4 is 4.74 Å².